The fourth-order valence-corrected chi connectivity index (χ4v) is 1.35. The van der Waals surface area contributed by atoms with Gasteiger partial charge in [-0.2, -0.15) is 0 Å². The van der Waals surface area contributed by atoms with Crippen molar-refractivity contribution in [2.45, 2.75) is 32.9 Å². The topological polar surface area (TPSA) is 58.6 Å². The summed E-state index contributed by atoms with van der Waals surface area (Å²) in [6, 6.07) is -0.00374. The molecule has 1 aliphatic rings. The van der Waals surface area contributed by atoms with Crippen LogP contribution < -0.4 is 5.32 Å². The molecule has 1 saturated heterocycles. The minimum absolute atomic E-state index is 0.00374. The van der Waals surface area contributed by atoms with Crippen molar-refractivity contribution in [3.8, 4) is 0 Å². The maximum Gasteiger partial charge on any atom is 0.410 e. The van der Waals surface area contributed by atoms with Gasteiger partial charge < -0.3 is 10.1 Å². The predicted octanol–water partition coefficient (Wildman–Crippen LogP) is 0.352. The smallest absolute Gasteiger partial charge is 0.410 e. The van der Waals surface area contributed by atoms with Crippen LogP contribution in [0.4, 0.5) is 4.79 Å². The zero-order valence-corrected chi connectivity index (χ0v) is 8.74. The Morgan fingerprint density at radius 1 is 1.64 bits per heavy atom. The Kier molecular flexibility index (Phi) is 3.33. The van der Waals surface area contributed by atoms with Gasteiger partial charge in [-0.05, 0) is 20.8 Å². The highest BCUT2D eigenvalue weighted by Gasteiger charge is 2.26. The Bertz CT molecular complexity index is 240. The third-order valence-electron chi connectivity index (χ3n) is 1.83. The molecule has 0 aromatic rings. The molecule has 5 nitrogen and oxygen atoms in total. The lowest BCUT2D eigenvalue weighted by Gasteiger charge is -2.30. The Morgan fingerprint density at radius 2 is 2.29 bits per heavy atom. The summed E-state index contributed by atoms with van der Waals surface area (Å²) >= 11 is 0. The van der Waals surface area contributed by atoms with Crippen LogP contribution in [0, 0.1) is 0 Å². The summed E-state index contributed by atoms with van der Waals surface area (Å²) in [6.07, 6.45) is -0.565. The van der Waals surface area contributed by atoms with Gasteiger partial charge in [-0.1, -0.05) is 0 Å². The Morgan fingerprint density at radius 3 is 2.79 bits per heavy atom. The summed E-state index contributed by atoms with van der Waals surface area (Å²) in [5.74, 6) is -0.135. The zero-order valence-electron chi connectivity index (χ0n) is 8.74. The van der Waals surface area contributed by atoms with Gasteiger partial charge in [0.25, 0.3) is 0 Å². The number of carbonyl (C=O) groups is 2. The molecule has 1 fully saturated rings. The number of amides is 2. The number of rotatable bonds is 1. The van der Waals surface area contributed by atoms with Gasteiger partial charge in [-0.25, -0.2) is 4.79 Å². The van der Waals surface area contributed by atoms with Gasteiger partial charge >= 0.3 is 6.09 Å². The van der Waals surface area contributed by atoms with E-state index >= 15 is 0 Å². The van der Waals surface area contributed by atoms with Crippen LogP contribution in [-0.2, 0) is 9.53 Å². The molecule has 5 heteroatoms. The lowest BCUT2D eigenvalue weighted by Crippen LogP contribution is -2.54. The average Bonchev–Trinajstić information content (AvgIpc) is 2.00. The molecule has 0 spiro atoms. The van der Waals surface area contributed by atoms with E-state index in [1.165, 1.54) is 4.90 Å². The van der Waals surface area contributed by atoms with Gasteiger partial charge in [0, 0.05) is 12.6 Å². The third-order valence-corrected chi connectivity index (χ3v) is 1.83. The maximum absolute atomic E-state index is 11.4. The maximum atomic E-state index is 11.4. The van der Waals surface area contributed by atoms with Crippen molar-refractivity contribution in [1.82, 2.24) is 10.2 Å². The van der Waals surface area contributed by atoms with Crippen LogP contribution in [0.5, 0.6) is 0 Å². The third kappa shape index (κ3) is 2.90. The van der Waals surface area contributed by atoms with Gasteiger partial charge in [-0.3, -0.25) is 9.69 Å². The van der Waals surface area contributed by atoms with Crippen LogP contribution in [0.1, 0.15) is 20.8 Å². The summed E-state index contributed by atoms with van der Waals surface area (Å²) in [5.41, 5.74) is 0. The second-order valence-corrected chi connectivity index (χ2v) is 3.78. The van der Waals surface area contributed by atoms with E-state index in [-0.39, 0.29) is 24.6 Å². The largest absolute Gasteiger partial charge is 0.447 e. The van der Waals surface area contributed by atoms with Crippen LogP contribution in [0.3, 0.4) is 0 Å². The van der Waals surface area contributed by atoms with E-state index in [2.05, 4.69) is 5.32 Å². The first kappa shape index (κ1) is 10.8. The van der Waals surface area contributed by atoms with E-state index in [1.807, 2.05) is 6.92 Å². The molecule has 1 rings (SSSR count). The molecule has 0 aliphatic carbocycles. The number of ether oxygens (including phenoxy) is 1. The summed E-state index contributed by atoms with van der Waals surface area (Å²) in [5, 5.41) is 2.73. The zero-order chi connectivity index (χ0) is 10.7. The lowest BCUT2D eigenvalue weighted by atomic mass is 10.2. The molecule has 1 aliphatic heterocycles. The standard InChI is InChI=1S/C9H16N2O3/c1-6(2)14-9(13)11-4-7(3)10-8(12)5-11/h6-7H,4-5H2,1-3H3,(H,10,12). The molecule has 80 valence electrons. The molecule has 1 unspecified atom stereocenters. The Labute approximate surface area is 83.4 Å². The Hall–Kier alpha value is -1.26. The molecular weight excluding hydrogens is 184 g/mol. The molecule has 1 heterocycles. The van der Waals surface area contributed by atoms with Gasteiger partial charge in [0.05, 0.1) is 6.10 Å². The first-order valence-electron chi connectivity index (χ1n) is 4.74. The lowest BCUT2D eigenvalue weighted by molar-refractivity contribution is -0.125. The molecule has 1 atom stereocenters. The fraction of sp³-hybridized carbons (Fsp3) is 0.778. The van der Waals surface area contributed by atoms with E-state index in [1.54, 1.807) is 13.8 Å². The number of piperazine rings is 1. The SMILES string of the molecule is CC1CN(C(=O)OC(C)C)CC(=O)N1. The minimum Gasteiger partial charge on any atom is -0.447 e. The Balaban J connectivity index is 2.50. The van der Waals surface area contributed by atoms with Crippen molar-refractivity contribution in [3.63, 3.8) is 0 Å². The summed E-state index contributed by atoms with van der Waals surface area (Å²) in [6.45, 7) is 6.02. The number of nitrogens with zero attached hydrogens (tertiary/aromatic N) is 1. The monoisotopic (exact) mass is 200 g/mol. The van der Waals surface area contributed by atoms with Crippen molar-refractivity contribution in [2.24, 2.45) is 0 Å². The number of hydrogen-bond acceptors (Lipinski definition) is 3. The summed E-state index contributed by atoms with van der Waals surface area (Å²) in [7, 11) is 0. The van der Waals surface area contributed by atoms with E-state index in [0.29, 0.717) is 6.54 Å². The quantitative estimate of drug-likeness (QED) is 0.664. The second kappa shape index (κ2) is 4.30. The highest BCUT2D eigenvalue weighted by atomic mass is 16.6. The molecular formula is C9H16N2O3. The van der Waals surface area contributed by atoms with Crippen molar-refractivity contribution in [1.29, 1.82) is 0 Å². The number of nitrogens with one attached hydrogen (secondary N) is 1. The van der Waals surface area contributed by atoms with E-state index in [9.17, 15) is 9.59 Å². The molecule has 2 amide bonds. The molecule has 0 bridgehead atoms. The summed E-state index contributed by atoms with van der Waals surface area (Å²) in [4.78, 5) is 24.0. The number of carbonyl (C=O) groups excluding carboxylic acids is 2. The molecule has 1 N–H and O–H groups in total. The van der Waals surface area contributed by atoms with E-state index in [0.717, 1.165) is 0 Å². The highest BCUT2D eigenvalue weighted by molar-refractivity contribution is 5.83. The first-order chi connectivity index (χ1) is 6.49. The number of hydrogen-bond donors (Lipinski definition) is 1. The van der Waals surface area contributed by atoms with Crippen molar-refractivity contribution in [3.05, 3.63) is 0 Å². The van der Waals surface area contributed by atoms with E-state index in [4.69, 9.17) is 4.74 Å². The molecule has 0 aromatic carbocycles. The van der Waals surface area contributed by atoms with Crippen molar-refractivity contribution in [2.75, 3.05) is 13.1 Å². The van der Waals surface area contributed by atoms with Gasteiger partial charge in [0.2, 0.25) is 5.91 Å². The van der Waals surface area contributed by atoms with Crippen LogP contribution in [0.25, 0.3) is 0 Å². The van der Waals surface area contributed by atoms with Crippen LogP contribution in [0.15, 0.2) is 0 Å². The van der Waals surface area contributed by atoms with E-state index < -0.39 is 6.09 Å². The second-order valence-electron chi connectivity index (χ2n) is 3.78. The van der Waals surface area contributed by atoms with Crippen molar-refractivity contribution < 1.29 is 14.3 Å². The normalized spacial score (nSPS) is 22.1. The average molecular weight is 200 g/mol. The molecule has 0 aromatic heterocycles. The summed E-state index contributed by atoms with van der Waals surface area (Å²) < 4.78 is 4.99. The first-order valence-corrected chi connectivity index (χ1v) is 4.74. The molecule has 0 saturated carbocycles. The van der Waals surface area contributed by atoms with Gasteiger partial charge in [-0.15, -0.1) is 0 Å². The minimum atomic E-state index is -0.415. The van der Waals surface area contributed by atoms with Crippen LogP contribution in [-0.4, -0.2) is 42.1 Å². The van der Waals surface area contributed by atoms with Gasteiger partial charge in [0.15, 0.2) is 0 Å². The van der Waals surface area contributed by atoms with Crippen molar-refractivity contribution >= 4 is 12.0 Å². The molecule has 14 heavy (non-hydrogen) atoms. The van der Waals surface area contributed by atoms with Crippen LogP contribution >= 0.6 is 0 Å². The predicted molar refractivity (Wildman–Crippen MR) is 50.8 cm³/mol. The highest BCUT2D eigenvalue weighted by Crippen LogP contribution is 2.03. The van der Waals surface area contributed by atoms with Crippen LogP contribution in [0.2, 0.25) is 0 Å². The van der Waals surface area contributed by atoms with Gasteiger partial charge in [0.1, 0.15) is 6.54 Å². The molecule has 0 radical (unpaired) electrons. The fourth-order valence-electron chi connectivity index (χ4n) is 1.35.